The van der Waals surface area contributed by atoms with E-state index in [1.54, 1.807) is 0 Å². The lowest BCUT2D eigenvalue weighted by Crippen LogP contribution is -2.18. The van der Waals surface area contributed by atoms with Gasteiger partial charge >= 0.3 is 0 Å². The molecule has 164 valence electrons. The average molecular weight is 443 g/mol. The van der Waals surface area contributed by atoms with Crippen LogP contribution in [0.5, 0.6) is 5.75 Å². The van der Waals surface area contributed by atoms with E-state index in [9.17, 15) is 0 Å². The van der Waals surface area contributed by atoms with Gasteiger partial charge in [0.05, 0.1) is 36.6 Å². The number of aliphatic hydroxyl groups excluding tert-OH is 1. The molecule has 1 atom stereocenters. The number of aliphatic hydroxyl groups is 1. The number of hydrogen-bond acceptors (Lipinski definition) is 6. The monoisotopic (exact) mass is 442 g/mol. The highest BCUT2D eigenvalue weighted by molar-refractivity contribution is 6.06. The smallest absolute Gasteiger partial charge is 0.152 e. The summed E-state index contributed by atoms with van der Waals surface area (Å²) < 4.78 is 13.4. The highest BCUT2D eigenvalue weighted by atomic mass is 35.5. The molecule has 7 nitrogen and oxygen atoms in total. The van der Waals surface area contributed by atoms with Gasteiger partial charge in [-0.3, -0.25) is 0 Å². The van der Waals surface area contributed by atoms with E-state index in [0.717, 1.165) is 34.2 Å². The number of pyridine rings is 1. The fourth-order valence-corrected chi connectivity index (χ4v) is 3.69. The van der Waals surface area contributed by atoms with E-state index in [4.69, 9.17) is 20.3 Å². The number of ether oxygens (including phenoxy) is 2. The molecule has 2 aromatic heterocycles. The van der Waals surface area contributed by atoms with Crippen molar-refractivity contribution in [3.63, 3.8) is 0 Å². The highest BCUT2D eigenvalue weighted by Crippen LogP contribution is 2.30. The molecular formula is C23H27ClN4O3. The quantitative estimate of drug-likeness (QED) is 0.409. The zero-order valence-corrected chi connectivity index (χ0v) is 18.2. The zero-order valence-electron chi connectivity index (χ0n) is 17.4. The predicted octanol–water partition coefficient (Wildman–Crippen LogP) is 3.78. The summed E-state index contributed by atoms with van der Waals surface area (Å²) >= 11 is 0. The van der Waals surface area contributed by atoms with E-state index >= 15 is 0 Å². The number of benzene rings is 2. The van der Waals surface area contributed by atoms with Crippen molar-refractivity contribution < 1.29 is 14.6 Å². The van der Waals surface area contributed by atoms with Crippen LogP contribution >= 0.6 is 12.4 Å². The van der Waals surface area contributed by atoms with Crippen molar-refractivity contribution >= 4 is 40.2 Å². The van der Waals surface area contributed by atoms with Gasteiger partial charge in [0, 0.05) is 12.0 Å². The molecule has 0 unspecified atom stereocenters. The van der Waals surface area contributed by atoms with Gasteiger partial charge in [0.2, 0.25) is 0 Å². The van der Waals surface area contributed by atoms with Gasteiger partial charge in [-0.25, -0.2) is 9.97 Å². The molecule has 0 spiro atoms. The number of halogens is 1. The molecule has 2 heterocycles. The summed E-state index contributed by atoms with van der Waals surface area (Å²) in [7, 11) is 0. The van der Waals surface area contributed by atoms with Crippen molar-refractivity contribution in [2.24, 2.45) is 0 Å². The van der Waals surface area contributed by atoms with Crippen LogP contribution in [0.25, 0.3) is 21.9 Å². The standard InChI is InChI=1S/C23H26N4O3.ClH/c1-2-29-14-17(13-16-7-9-18(10-8-16)30-12-11-28)27-15-25-21-22(27)19-5-3-4-6-20(19)26-23(21)24;/h3-10,15,17,28H,2,11-14H2,1H3,(H2,24,26);1H/t17-;/m0./s1. The molecule has 0 amide bonds. The van der Waals surface area contributed by atoms with Gasteiger partial charge in [0.25, 0.3) is 0 Å². The number of rotatable bonds is 9. The first kappa shape index (κ1) is 22.8. The van der Waals surface area contributed by atoms with E-state index in [2.05, 4.69) is 14.5 Å². The lowest BCUT2D eigenvalue weighted by Gasteiger charge is -2.20. The van der Waals surface area contributed by atoms with Crippen LogP contribution < -0.4 is 10.5 Å². The number of nitrogens with two attached hydrogens (primary N) is 1. The summed E-state index contributed by atoms with van der Waals surface area (Å²) in [6, 6.07) is 15.9. The van der Waals surface area contributed by atoms with Gasteiger partial charge in [-0.05, 0) is 37.1 Å². The molecule has 2 aromatic carbocycles. The van der Waals surface area contributed by atoms with Crippen LogP contribution in [0.2, 0.25) is 0 Å². The summed E-state index contributed by atoms with van der Waals surface area (Å²) in [6.07, 6.45) is 2.60. The summed E-state index contributed by atoms with van der Waals surface area (Å²) in [6.45, 7) is 3.48. The number of hydrogen-bond donors (Lipinski definition) is 2. The van der Waals surface area contributed by atoms with Crippen molar-refractivity contribution in [2.75, 3.05) is 32.2 Å². The van der Waals surface area contributed by atoms with Gasteiger partial charge < -0.3 is 24.9 Å². The van der Waals surface area contributed by atoms with Crippen LogP contribution in [0.15, 0.2) is 54.9 Å². The third-order valence-corrected chi connectivity index (χ3v) is 5.10. The predicted molar refractivity (Wildman–Crippen MR) is 125 cm³/mol. The molecule has 0 aliphatic carbocycles. The van der Waals surface area contributed by atoms with Gasteiger partial charge in [-0.2, -0.15) is 0 Å². The Kier molecular flexibility index (Phi) is 7.68. The fraction of sp³-hybridized carbons (Fsp3) is 0.304. The molecule has 8 heteroatoms. The molecule has 0 bridgehead atoms. The topological polar surface area (TPSA) is 95.4 Å². The third-order valence-electron chi connectivity index (χ3n) is 5.10. The molecule has 31 heavy (non-hydrogen) atoms. The Morgan fingerprint density at radius 1 is 1.13 bits per heavy atom. The number of fused-ring (bicyclic) bond motifs is 3. The van der Waals surface area contributed by atoms with Crippen molar-refractivity contribution in [2.45, 2.75) is 19.4 Å². The fourth-order valence-electron chi connectivity index (χ4n) is 3.69. The molecule has 0 fully saturated rings. The normalized spacial score (nSPS) is 12.1. The number of imidazole rings is 1. The Morgan fingerprint density at radius 2 is 1.90 bits per heavy atom. The minimum Gasteiger partial charge on any atom is -0.491 e. The highest BCUT2D eigenvalue weighted by Gasteiger charge is 2.19. The van der Waals surface area contributed by atoms with Crippen LogP contribution in [-0.2, 0) is 11.2 Å². The molecule has 4 rings (SSSR count). The maximum absolute atomic E-state index is 8.91. The molecule has 3 N–H and O–H groups in total. The van der Waals surface area contributed by atoms with E-state index < -0.39 is 0 Å². The Bertz CT molecular complexity index is 1130. The lowest BCUT2D eigenvalue weighted by atomic mass is 10.1. The first-order valence-corrected chi connectivity index (χ1v) is 10.1. The van der Waals surface area contributed by atoms with Crippen LogP contribution in [0.1, 0.15) is 18.5 Å². The number of nitrogen functional groups attached to an aromatic ring is 1. The van der Waals surface area contributed by atoms with E-state index in [-0.39, 0.29) is 31.7 Å². The molecular weight excluding hydrogens is 416 g/mol. The summed E-state index contributed by atoms with van der Waals surface area (Å²) in [4.78, 5) is 9.06. The van der Waals surface area contributed by atoms with E-state index in [1.807, 2.05) is 61.8 Å². The second-order valence-electron chi connectivity index (χ2n) is 7.10. The minimum atomic E-state index is -0.00215. The SMILES string of the molecule is CCOC[C@H](Cc1ccc(OCCO)cc1)n1cnc2c(N)nc3ccccc3c21.Cl. The number of aromatic nitrogens is 3. The van der Waals surface area contributed by atoms with Gasteiger partial charge in [-0.1, -0.05) is 30.3 Å². The number of para-hydroxylation sites is 1. The average Bonchev–Trinajstić information content (AvgIpc) is 3.22. The Labute approximate surface area is 187 Å². The molecule has 4 aromatic rings. The van der Waals surface area contributed by atoms with Crippen LogP contribution in [-0.4, -0.2) is 46.1 Å². The van der Waals surface area contributed by atoms with Crippen molar-refractivity contribution in [3.8, 4) is 5.75 Å². The molecule has 0 aliphatic heterocycles. The first-order valence-electron chi connectivity index (χ1n) is 10.1. The molecule has 0 saturated carbocycles. The zero-order chi connectivity index (χ0) is 20.9. The largest absolute Gasteiger partial charge is 0.491 e. The second-order valence-corrected chi connectivity index (χ2v) is 7.10. The summed E-state index contributed by atoms with van der Waals surface area (Å²) in [5.74, 6) is 1.18. The minimum absolute atomic E-state index is 0. The van der Waals surface area contributed by atoms with Crippen LogP contribution in [0.3, 0.4) is 0 Å². The molecule has 0 radical (unpaired) electrons. The Hall–Kier alpha value is -2.87. The number of anilines is 1. The lowest BCUT2D eigenvalue weighted by molar-refractivity contribution is 0.114. The van der Waals surface area contributed by atoms with E-state index in [1.165, 1.54) is 0 Å². The van der Waals surface area contributed by atoms with Crippen LogP contribution in [0.4, 0.5) is 5.82 Å². The van der Waals surface area contributed by atoms with Gasteiger partial charge in [0.1, 0.15) is 17.9 Å². The molecule has 0 saturated heterocycles. The van der Waals surface area contributed by atoms with E-state index in [0.29, 0.717) is 24.5 Å². The summed E-state index contributed by atoms with van der Waals surface area (Å²) in [5, 5.41) is 9.93. The second kappa shape index (κ2) is 10.4. The third kappa shape index (κ3) is 4.90. The maximum atomic E-state index is 8.91. The Balaban J connectivity index is 0.00000272. The van der Waals surface area contributed by atoms with Crippen molar-refractivity contribution in [3.05, 3.63) is 60.4 Å². The maximum Gasteiger partial charge on any atom is 0.152 e. The van der Waals surface area contributed by atoms with Gasteiger partial charge in [-0.15, -0.1) is 12.4 Å². The molecule has 0 aliphatic rings. The Morgan fingerprint density at radius 3 is 2.65 bits per heavy atom. The summed E-state index contributed by atoms with van der Waals surface area (Å²) in [5.41, 5.74) is 9.89. The number of nitrogens with zero attached hydrogens (tertiary/aromatic N) is 3. The van der Waals surface area contributed by atoms with Gasteiger partial charge in [0.15, 0.2) is 5.82 Å². The van der Waals surface area contributed by atoms with Crippen molar-refractivity contribution in [1.82, 2.24) is 14.5 Å². The first-order chi connectivity index (χ1) is 14.7. The van der Waals surface area contributed by atoms with Crippen molar-refractivity contribution in [1.29, 1.82) is 0 Å². The van der Waals surface area contributed by atoms with Crippen LogP contribution in [0, 0.1) is 0 Å².